The van der Waals surface area contributed by atoms with E-state index in [1.165, 1.54) is 0 Å². The number of nitrogens with one attached hydrogen (secondary N) is 2. The fourth-order valence-corrected chi connectivity index (χ4v) is 2.21. The molecular weight excluding hydrogens is 299 g/mol. The summed E-state index contributed by atoms with van der Waals surface area (Å²) in [5.74, 6) is 0.505. The zero-order chi connectivity index (χ0) is 13.0. The average Bonchev–Trinajstić information content (AvgIpc) is 2.20. The van der Waals surface area contributed by atoms with E-state index in [-0.39, 0.29) is 0 Å². The van der Waals surface area contributed by atoms with Gasteiger partial charge >= 0.3 is 0 Å². The molecule has 0 aliphatic rings. The number of rotatable bonds is 3. The van der Waals surface area contributed by atoms with Crippen LogP contribution < -0.4 is 10.6 Å². The van der Waals surface area contributed by atoms with E-state index in [0.29, 0.717) is 31.8 Å². The van der Waals surface area contributed by atoms with Gasteiger partial charge in [0, 0.05) is 11.6 Å². The number of thiocarbonyl (C=S) groups is 1. The summed E-state index contributed by atoms with van der Waals surface area (Å²) >= 11 is 23.0. The second kappa shape index (κ2) is 6.64. The molecule has 0 heterocycles. The minimum Gasteiger partial charge on any atom is -0.362 e. The molecule has 1 aromatic rings. The molecule has 0 aliphatic carbocycles. The SMILES string of the molecule is CC(C)CNC(=S)Nc1c(Cl)cc(Cl)cc1Cl. The zero-order valence-electron chi connectivity index (χ0n) is 9.48. The number of benzene rings is 1. The second-order valence-corrected chi connectivity index (χ2v) is 5.63. The number of hydrogen-bond donors (Lipinski definition) is 2. The van der Waals surface area contributed by atoms with Gasteiger partial charge < -0.3 is 10.6 Å². The van der Waals surface area contributed by atoms with Gasteiger partial charge in [0.2, 0.25) is 0 Å². The summed E-state index contributed by atoms with van der Waals surface area (Å²) in [5, 5.41) is 7.89. The summed E-state index contributed by atoms with van der Waals surface area (Å²) in [5.41, 5.74) is 0.569. The maximum atomic E-state index is 6.02. The van der Waals surface area contributed by atoms with Gasteiger partial charge in [0.15, 0.2) is 5.11 Å². The Hall–Kier alpha value is -0.220. The Morgan fingerprint density at radius 3 is 2.24 bits per heavy atom. The largest absolute Gasteiger partial charge is 0.362 e. The molecular formula is C11H13Cl3N2S. The van der Waals surface area contributed by atoms with E-state index in [4.69, 9.17) is 47.0 Å². The highest BCUT2D eigenvalue weighted by atomic mass is 35.5. The fourth-order valence-electron chi connectivity index (χ4n) is 1.12. The highest BCUT2D eigenvalue weighted by Gasteiger charge is 2.09. The van der Waals surface area contributed by atoms with Crippen LogP contribution in [-0.2, 0) is 0 Å². The molecule has 0 aliphatic heterocycles. The predicted molar refractivity (Wildman–Crippen MR) is 80.5 cm³/mol. The molecule has 6 heteroatoms. The van der Waals surface area contributed by atoms with Crippen molar-refractivity contribution in [2.45, 2.75) is 13.8 Å². The van der Waals surface area contributed by atoms with Crippen LogP contribution in [0.5, 0.6) is 0 Å². The van der Waals surface area contributed by atoms with Crippen molar-refractivity contribution < 1.29 is 0 Å². The first-order chi connectivity index (χ1) is 7.90. The number of anilines is 1. The summed E-state index contributed by atoms with van der Waals surface area (Å²) in [7, 11) is 0. The Balaban J connectivity index is 2.72. The third-order valence-corrected chi connectivity index (χ3v) is 2.98. The predicted octanol–water partition coefficient (Wildman–Crippen LogP) is 4.59. The van der Waals surface area contributed by atoms with Crippen LogP contribution in [0, 0.1) is 5.92 Å². The molecule has 1 aromatic carbocycles. The average molecular weight is 312 g/mol. The summed E-state index contributed by atoms with van der Waals surface area (Å²) in [6, 6.07) is 3.23. The second-order valence-electron chi connectivity index (χ2n) is 3.97. The third-order valence-electron chi connectivity index (χ3n) is 1.92. The van der Waals surface area contributed by atoms with Crippen LogP contribution in [0.3, 0.4) is 0 Å². The third kappa shape index (κ3) is 4.88. The maximum absolute atomic E-state index is 6.02. The zero-order valence-corrected chi connectivity index (χ0v) is 12.6. The van der Waals surface area contributed by atoms with Crippen molar-refractivity contribution in [3.63, 3.8) is 0 Å². The van der Waals surface area contributed by atoms with Crippen molar-refractivity contribution in [3.8, 4) is 0 Å². The van der Waals surface area contributed by atoms with Crippen molar-refractivity contribution in [2.24, 2.45) is 5.92 Å². The lowest BCUT2D eigenvalue weighted by molar-refractivity contribution is 0.627. The monoisotopic (exact) mass is 310 g/mol. The van der Waals surface area contributed by atoms with Crippen LogP contribution in [0.2, 0.25) is 15.1 Å². The number of halogens is 3. The van der Waals surface area contributed by atoms with E-state index >= 15 is 0 Å². The van der Waals surface area contributed by atoms with Crippen molar-refractivity contribution in [1.82, 2.24) is 5.32 Å². The van der Waals surface area contributed by atoms with Crippen LogP contribution in [0.4, 0.5) is 5.69 Å². The van der Waals surface area contributed by atoms with E-state index in [9.17, 15) is 0 Å². The molecule has 0 fully saturated rings. The molecule has 2 N–H and O–H groups in total. The van der Waals surface area contributed by atoms with Gasteiger partial charge in [-0.15, -0.1) is 0 Å². The summed E-state index contributed by atoms with van der Waals surface area (Å²) < 4.78 is 0. The Morgan fingerprint density at radius 1 is 1.24 bits per heavy atom. The molecule has 0 radical (unpaired) electrons. The molecule has 94 valence electrons. The summed E-state index contributed by atoms with van der Waals surface area (Å²) in [6.45, 7) is 4.98. The van der Waals surface area contributed by atoms with Gasteiger partial charge in [-0.3, -0.25) is 0 Å². The molecule has 0 spiro atoms. The molecule has 17 heavy (non-hydrogen) atoms. The molecule has 1 rings (SSSR count). The Morgan fingerprint density at radius 2 is 1.76 bits per heavy atom. The molecule has 0 aromatic heterocycles. The topological polar surface area (TPSA) is 24.1 Å². The van der Waals surface area contributed by atoms with Gasteiger partial charge in [-0.25, -0.2) is 0 Å². The smallest absolute Gasteiger partial charge is 0.170 e. The highest BCUT2D eigenvalue weighted by Crippen LogP contribution is 2.33. The van der Waals surface area contributed by atoms with E-state index in [1.807, 2.05) is 0 Å². The summed E-state index contributed by atoms with van der Waals surface area (Å²) in [4.78, 5) is 0. The molecule has 0 saturated carbocycles. The molecule has 0 atom stereocenters. The molecule has 0 bridgehead atoms. The minimum absolute atomic E-state index is 0.441. The quantitative estimate of drug-likeness (QED) is 0.798. The van der Waals surface area contributed by atoms with Crippen molar-refractivity contribution in [3.05, 3.63) is 27.2 Å². The van der Waals surface area contributed by atoms with Crippen LogP contribution in [0.25, 0.3) is 0 Å². The molecule has 0 saturated heterocycles. The van der Waals surface area contributed by atoms with Crippen LogP contribution in [0.15, 0.2) is 12.1 Å². The van der Waals surface area contributed by atoms with Gasteiger partial charge in [-0.05, 0) is 30.3 Å². The highest BCUT2D eigenvalue weighted by molar-refractivity contribution is 7.80. The Bertz CT molecular complexity index is 398. The molecule has 0 unspecified atom stereocenters. The van der Waals surface area contributed by atoms with Gasteiger partial charge in [0.1, 0.15) is 0 Å². The fraction of sp³-hybridized carbons (Fsp3) is 0.364. The van der Waals surface area contributed by atoms with Gasteiger partial charge in [-0.2, -0.15) is 0 Å². The first kappa shape index (κ1) is 14.8. The van der Waals surface area contributed by atoms with E-state index in [0.717, 1.165) is 6.54 Å². The lowest BCUT2D eigenvalue weighted by Gasteiger charge is -2.14. The first-order valence-corrected chi connectivity index (χ1v) is 6.63. The number of hydrogen-bond acceptors (Lipinski definition) is 1. The standard InChI is InChI=1S/C11H13Cl3N2S/c1-6(2)5-15-11(17)16-10-8(13)3-7(12)4-9(10)14/h3-4,6H,5H2,1-2H3,(H2,15,16,17). The van der Waals surface area contributed by atoms with E-state index in [2.05, 4.69) is 24.5 Å². The normalized spacial score (nSPS) is 10.5. The Kier molecular flexibility index (Phi) is 5.80. The van der Waals surface area contributed by atoms with Crippen molar-refractivity contribution >= 4 is 57.8 Å². The lowest BCUT2D eigenvalue weighted by atomic mass is 10.2. The van der Waals surface area contributed by atoms with E-state index < -0.39 is 0 Å². The minimum atomic E-state index is 0.441. The van der Waals surface area contributed by atoms with Gasteiger partial charge in [-0.1, -0.05) is 48.7 Å². The van der Waals surface area contributed by atoms with Crippen molar-refractivity contribution in [1.29, 1.82) is 0 Å². The van der Waals surface area contributed by atoms with Crippen LogP contribution >= 0.6 is 47.0 Å². The molecule has 0 amide bonds. The van der Waals surface area contributed by atoms with E-state index in [1.54, 1.807) is 12.1 Å². The van der Waals surface area contributed by atoms with Crippen LogP contribution in [-0.4, -0.2) is 11.7 Å². The van der Waals surface area contributed by atoms with Crippen LogP contribution in [0.1, 0.15) is 13.8 Å². The molecule has 2 nitrogen and oxygen atoms in total. The lowest BCUT2D eigenvalue weighted by Crippen LogP contribution is -2.31. The first-order valence-electron chi connectivity index (χ1n) is 5.09. The Labute approximate surface area is 122 Å². The van der Waals surface area contributed by atoms with Gasteiger partial charge in [0.05, 0.1) is 15.7 Å². The summed E-state index contributed by atoms with van der Waals surface area (Å²) in [6.07, 6.45) is 0. The van der Waals surface area contributed by atoms with Gasteiger partial charge in [0.25, 0.3) is 0 Å². The van der Waals surface area contributed by atoms with Crippen molar-refractivity contribution in [2.75, 3.05) is 11.9 Å². The maximum Gasteiger partial charge on any atom is 0.170 e.